The van der Waals surface area contributed by atoms with Crippen LogP contribution in [0.15, 0.2) is 48.5 Å². The van der Waals surface area contributed by atoms with Gasteiger partial charge in [-0.1, -0.05) is 17.7 Å². The van der Waals surface area contributed by atoms with Crippen LogP contribution in [0.25, 0.3) is 0 Å². The fraction of sp³-hybridized carbons (Fsp3) is 0.300. The van der Waals surface area contributed by atoms with Crippen molar-refractivity contribution in [3.8, 4) is 11.5 Å². The Morgan fingerprint density at radius 2 is 1.48 bits per heavy atom. The molecule has 2 amide bonds. The molecule has 0 aliphatic rings. The lowest BCUT2D eigenvalue weighted by Gasteiger charge is -2.09. The number of sulfone groups is 1. The zero-order chi connectivity index (χ0) is 21.3. The standard InChI is InChI=1S/C20H24N2O6S/c1-15-3-5-16(6-4-15)22-20(24)14-29(25,26)13-19(23)21-11-12-28-18-9-7-17(27-2)8-10-18/h3-10H,11-14H2,1-2H3,(H,21,23)(H,22,24). The highest BCUT2D eigenvalue weighted by Gasteiger charge is 2.20. The van der Waals surface area contributed by atoms with Crippen LogP contribution in [0.4, 0.5) is 5.69 Å². The Bertz CT molecular complexity index is 924. The molecule has 0 saturated carbocycles. The minimum Gasteiger partial charge on any atom is -0.497 e. The molecule has 9 heteroatoms. The number of ether oxygens (including phenoxy) is 2. The number of carbonyl (C=O) groups excluding carboxylic acids is 2. The van der Waals surface area contributed by atoms with Gasteiger partial charge in [-0.2, -0.15) is 0 Å². The van der Waals surface area contributed by atoms with Crippen LogP contribution in [0.2, 0.25) is 0 Å². The molecule has 0 unspecified atom stereocenters. The van der Waals surface area contributed by atoms with E-state index >= 15 is 0 Å². The van der Waals surface area contributed by atoms with Crippen molar-refractivity contribution in [2.75, 3.05) is 37.1 Å². The monoisotopic (exact) mass is 420 g/mol. The van der Waals surface area contributed by atoms with E-state index in [-0.39, 0.29) is 13.2 Å². The lowest BCUT2D eigenvalue weighted by molar-refractivity contribution is -0.118. The van der Waals surface area contributed by atoms with Gasteiger partial charge in [0.2, 0.25) is 11.8 Å². The maximum Gasteiger partial charge on any atom is 0.239 e. The molecule has 0 radical (unpaired) electrons. The van der Waals surface area contributed by atoms with Crippen LogP contribution < -0.4 is 20.1 Å². The second-order valence-electron chi connectivity index (χ2n) is 6.32. The summed E-state index contributed by atoms with van der Waals surface area (Å²) >= 11 is 0. The predicted molar refractivity (Wildman–Crippen MR) is 110 cm³/mol. The highest BCUT2D eigenvalue weighted by atomic mass is 32.2. The maximum atomic E-state index is 12.0. The van der Waals surface area contributed by atoms with Crippen LogP contribution >= 0.6 is 0 Å². The summed E-state index contributed by atoms with van der Waals surface area (Å²) in [5.74, 6) is -1.62. The summed E-state index contributed by atoms with van der Waals surface area (Å²) in [6.07, 6.45) is 0. The number of carbonyl (C=O) groups is 2. The first kappa shape index (κ1) is 22.2. The van der Waals surface area contributed by atoms with E-state index in [4.69, 9.17) is 9.47 Å². The molecule has 156 valence electrons. The minimum atomic E-state index is -3.88. The first-order valence-corrected chi connectivity index (χ1v) is 10.7. The summed E-state index contributed by atoms with van der Waals surface area (Å²) in [6.45, 7) is 2.21. The molecule has 0 bridgehead atoms. The zero-order valence-corrected chi connectivity index (χ0v) is 17.1. The van der Waals surface area contributed by atoms with Gasteiger partial charge in [-0.15, -0.1) is 0 Å². The summed E-state index contributed by atoms with van der Waals surface area (Å²) in [5, 5.41) is 4.96. The first-order valence-electron chi connectivity index (χ1n) is 8.88. The Hall–Kier alpha value is -3.07. The van der Waals surface area contributed by atoms with Gasteiger partial charge in [-0.05, 0) is 43.3 Å². The number of methoxy groups -OCH3 is 1. The summed E-state index contributed by atoms with van der Waals surface area (Å²) < 4.78 is 34.6. The molecule has 0 spiro atoms. The number of rotatable bonds is 10. The summed E-state index contributed by atoms with van der Waals surface area (Å²) in [5.41, 5.74) is 1.51. The van der Waals surface area contributed by atoms with Crippen molar-refractivity contribution in [1.82, 2.24) is 5.32 Å². The van der Waals surface area contributed by atoms with Gasteiger partial charge < -0.3 is 20.1 Å². The maximum absolute atomic E-state index is 12.0. The molecule has 2 aromatic carbocycles. The average Bonchev–Trinajstić information content (AvgIpc) is 2.66. The lowest BCUT2D eigenvalue weighted by atomic mass is 10.2. The van der Waals surface area contributed by atoms with Crippen LogP contribution in [0.5, 0.6) is 11.5 Å². The summed E-state index contributed by atoms with van der Waals surface area (Å²) in [7, 11) is -2.32. The molecule has 0 atom stereocenters. The number of aryl methyl sites for hydroxylation is 1. The third-order valence-electron chi connectivity index (χ3n) is 3.79. The molecule has 0 aliphatic heterocycles. The SMILES string of the molecule is COc1ccc(OCCNC(=O)CS(=O)(=O)CC(=O)Nc2ccc(C)cc2)cc1. The summed E-state index contributed by atoms with van der Waals surface area (Å²) in [6, 6.07) is 13.9. The molecular weight excluding hydrogens is 396 g/mol. The Balaban J connectivity index is 1.70. The van der Waals surface area contributed by atoms with Gasteiger partial charge in [-0.3, -0.25) is 9.59 Å². The van der Waals surface area contributed by atoms with Crippen LogP contribution in [-0.4, -0.2) is 52.0 Å². The number of nitrogens with one attached hydrogen (secondary N) is 2. The highest BCUT2D eigenvalue weighted by molar-refractivity contribution is 7.92. The first-order chi connectivity index (χ1) is 13.8. The molecule has 2 N–H and O–H groups in total. The lowest BCUT2D eigenvalue weighted by Crippen LogP contribution is -2.35. The van der Waals surface area contributed by atoms with Gasteiger partial charge in [-0.25, -0.2) is 8.42 Å². The molecular formula is C20H24N2O6S. The Kier molecular flexibility index (Phi) is 8.02. The highest BCUT2D eigenvalue weighted by Crippen LogP contribution is 2.16. The summed E-state index contributed by atoms with van der Waals surface area (Å²) in [4.78, 5) is 23.7. The third kappa shape index (κ3) is 8.22. The molecule has 0 aromatic heterocycles. The average molecular weight is 420 g/mol. The van der Waals surface area contributed by atoms with Crippen LogP contribution in [-0.2, 0) is 19.4 Å². The van der Waals surface area contributed by atoms with E-state index < -0.39 is 33.2 Å². The van der Waals surface area contributed by atoms with Crippen LogP contribution in [0.3, 0.4) is 0 Å². The van der Waals surface area contributed by atoms with Crippen molar-refractivity contribution in [1.29, 1.82) is 0 Å². The van der Waals surface area contributed by atoms with Crippen molar-refractivity contribution in [3.05, 3.63) is 54.1 Å². The topological polar surface area (TPSA) is 111 Å². The smallest absolute Gasteiger partial charge is 0.239 e. The van der Waals surface area contributed by atoms with E-state index in [0.717, 1.165) is 5.56 Å². The van der Waals surface area contributed by atoms with Crippen molar-refractivity contribution in [3.63, 3.8) is 0 Å². The van der Waals surface area contributed by atoms with Gasteiger partial charge in [0, 0.05) is 5.69 Å². The van der Waals surface area contributed by atoms with E-state index in [1.165, 1.54) is 0 Å². The fourth-order valence-electron chi connectivity index (χ4n) is 2.37. The number of benzene rings is 2. The Morgan fingerprint density at radius 3 is 2.10 bits per heavy atom. The third-order valence-corrected chi connectivity index (χ3v) is 5.19. The van der Waals surface area contributed by atoms with Gasteiger partial charge in [0.1, 0.15) is 29.6 Å². The Morgan fingerprint density at radius 1 is 0.897 bits per heavy atom. The van der Waals surface area contributed by atoms with Crippen LogP contribution in [0.1, 0.15) is 5.56 Å². The molecule has 0 fully saturated rings. The molecule has 8 nitrogen and oxygen atoms in total. The molecule has 2 rings (SSSR count). The molecule has 0 aliphatic carbocycles. The Labute approximate surface area is 170 Å². The van der Waals surface area contributed by atoms with Crippen molar-refractivity contribution in [2.45, 2.75) is 6.92 Å². The van der Waals surface area contributed by atoms with E-state index in [0.29, 0.717) is 17.2 Å². The molecule has 2 aromatic rings. The van der Waals surface area contributed by atoms with Crippen molar-refractivity contribution < 1.29 is 27.5 Å². The van der Waals surface area contributed by atoms with Gasteiger partial charge in [0.05, 0.1) is 13.7 Å². The van der Waals surface area contributed by atoms with E-state index in [2.05, 4.69) is 10.6 Å². The van der Waals surface area contributed by atoms with Gasteiger partial charge in [0.25, 0.3) is 0 Å². The zero-order valence-electron chi connectivity index (χ0n) is 16.3. The van der Waals surface area contributed by atoms with Gasteiger partial charge >= 0.3 is 0 Å². The van der Waals surface area contributed by atoms with Gasteiger partial charge in [0.15, 0.2) is 9.84 Å². The number of hydrogen-bond donors (Lipinski definition) is 2. The van der Waals surface area contributed by atoms with Crippen molar-refractivity contribution >= 4 is 27.3 Å². The number of amides is 2. The minimum absolute atomic E-state index is 0.135. The molecule has 0 saturated heterocycles. The fourth-order valence-corrected chi connectivity index (χ4v) is 3.44. The quantitative estimate of drug-likeness (QED) is 0.564. The number of anilines is 1. The predicted octanol–water partition coefficient (Wildman–Crippen LogP) is 1.55. The van der Waals surface area contributed by atoms with E-state index in [9.17, 15) is 18.0 Å². The molecule has 0 heterocycles. The van der Waals surface area contributed by atoms with E-state index in [1.807, 2.05) is 6.92 Å². The second kappa shape index (κ2) is 10.5. The largest absolute Gasteiger partial charge is 0.497 e. The van der Waals surface area contributed by atoms with E-state index in [1.54, 1.807) is 55.6 Å². The van der Waals surface area contributed by atoms with Crippen molar-refractivity contribution in [2.24, 2.45) is 0 Å². The number of hydrogen-bond acceptors (Lipinski definition) is 6. The molecule has 29 heavy (non-hydrogen) atoms. The second-order valence-corrected chi connectivity index (χ2v) is 8.38. The van der Waals surface area contributed by atoms with Crippen LogP contribution in [0, 0.1) is 6.92 Å². The normalized spacial score (nSPS) is 10.8.